The summed E-state index contributed by atoms with van der Waals surface area (Å²) in [5, 5.41) is 13.8. The molecule has 0 aliphatic carbocycles. The number of hydrogen-bond acceptors (Lipinski definition) is 15. The molecule has 5 aromatic carbocycles. The Bertz CT molecular complexity index is 2670. The van der Waals surface area contributed by atoms with Crippen molar-refractivity contribution in [2.24, 2.45) is 7.05 Å². The lowest BCUT2D eigenvalue weighted by atomic mass is 9.96. The quantitative estimate of drug-likeness (QED) is 0.0320. The number of aromatic nitrogens is 4. The van der Waals surface area contributed by atoms with Crippen LogP contribution in [0.4, 0.5) is 9.59 Å². The number of nitrogens with one attached hydrogen (secondary N) is 1. The monoisotopic (exact) mass is 974 g/mol. The minimum absolute atomic E-state index is 0.0888. The second-order valence-corrected chi connectivity index (χ2v) is 19.4. The number of tetrazole rings is 1. The van der Waals surface area contributed by atoms with E-state index >= 15 is 9.59 Å². The van der Waals surface area contributed by atoms with E-state index in [1.807, 2.05) is 121 Å². The van der Waals surface area contributed by atoms with Crippen molar-refractivity contribution < 1.29 is 47.6 Å². The van der Waals surface area contributed by atoms with Gasteiger partial charge in [-0.3, -0.25) is 24.4 Å². The number of hydrogen-bond donors (Lipinski definition) is 1. The lowest BCUT2D eigenvalue weighted by Crippen LogP contribution is -2.67. The van der Waals surface area contributed by atoms with Gasteiger partial charge in [0.1, 0.15) is 5.75 Å². The van der Waals surface area contributed by atoms with Gasteiger partial charge in [-0.15, -0.1) is 5.10 Å². The SMILES string of the molecule is COC1(NC(=O)C(C(=O)OC(c2ccccc2)c2ccccc2)c2ccc(OC3CCCCO3)cc2)O[C@H]2SC(=O)N2S(C(=O)OC(c2ccccc2)c2ccccc2)=C1CSc1nnnn1C. The molecular weight excluding hydrogens is 929 g/mol. The molecule has 68 heavy (non-hydrogen) atoms. The third kappa shape index (κ3) is 10.2. The van der Waals surface area contributed by atoms with Gasteiger partial charge in [-0.05, 0) is 75.0 Å². The van der Waals surface area contributed by atoms with E-state index in [2.05, 4.69) is 20.8 Å². The molecule has 16 nitrogen and oxygen atoms in total. The molecule has 9 rings (SSSR count). The van der Waals surface area contributed by atoms with E-state index in [0.29, 0.717) is 39.8 Å². The number of benzene rings is 5. The highest BCUT2D eigenvalue weighted by Gasteiger charge is 2.58. The fourth-order valence-electron chi connectivity index (χ4n) is 7.84. The summed E-state index contributed by atoms with van der Waals surface area (Å²) in [6.07, 6.45) is 0.411. The van der Waals surface area contributed by atoms with Crippen LogP contribution < -0.4 is 10.1 Å². The summed E-state index contributed by atoms with van der Waals surface area (Å²) in [4.78, 5) is 59.0. The minimum Gasteiger partial charge on any atom is -0.465 e. The van der Waals surface area contributed by atoms with Gasteiger partial charge in [-0.2, -0.15) is 0 Å². The van der Waals surface area contributed by atoms with Gasteiger partial charge in [-0.1, -0.05) is 145 Å². The van der Waals surface area contributed by atoms with E-state index in [4.69, 9.17) is 28.4 Å². The first kappa shape index (κ1) is 46.7. The summed E-state index contributed by atoms with van der Waals surface area (Å²) >= 11 is 1.92. The first-order chi connectivity index (χ1) is 33.2. The third-order valence-electron chi connectivity index (χ3n) is 11.3. The maximum atomic E-state index is 15.3. The van der Waals surface area contributed by atoms with Crippen molar-refractivity contribution in [1.82, 2.24) is 29.8 Å². The second-order valence-electron chi connectivity index (χ2n) is 15.6. The molecule has 350 valence electrons. The Morgan fingerprint density at radius 2 is 1.38 bits per heavy atom. The minimum atomic E-state index is -2.24. The number of esters is 1. The normalized spacial score (nSPS) is 20.5. The molecule has 1 N–H and O–H groups in total. The highest BCUT2D eigenvalue weighted by molar-refractivity contribution is 8.30. The van der Waals surface area contributed by atoms with Gasteiger partial charge < -0.3 is 23.7 Å². The van der Waals surface area contributed by atoms with E-state index in [1.54, 1.807) is 31.3 Å². The number of carbonyl (C=O) groups is 4. The Morgan fingerprint density at radius 1 is 0.809 bits per heavy atom. The highest BCUT2D eigenvalue weighted by Crippen LogP contribution is 2.51. The van der Waals surface area contributed by atoms with Gasteiger partial charge in [0.2, 0.25) is 16.6 Å². The Kier molecular flexibility index (Phi) is 14.6. The van der Waals surface area contributed by atoms with Crippen LogP contribution in [-0.2, 0) is 40.3 Å². The second kappa shape index (κ2) is 21.3. The topological polar surface area (TPSA) is 183 Å². The zero-order valence-electron chi connectivity index (χ0n) is 36.8. The van der Waals surface area contributed by atoms with Crippen LogP contribution in [0.15, 0.2) is 151 Å². The van der Waals surface area contributed by atoms with Crippen LogP contribution in [-0.4, -0.2) is 89.0 Å². The molecule has 4 unspecified atom stereocenters. The largest absolute Gasteiger partial charge is 0.465 e. The molecule has 1 aromatic heterocycles. The van der Waals surface area contributed by atoms with Gasteiger partial charge in [0.25, 0.3) is 11.2 Å². The van der Waals surface area contributed by atoms with Crippen molar-refractivity contribution in [1.29, 1.82) is 0 Å². The molecule has 2 saturated heterocycles. The summed E-state index contributed by atoms with van der Waals surface area (Å²) in [6.45, 7) is 0.586. The van der Waals surface area contributed by atoms with Gasteiger partial charge in [-0.25, -0.2) is 13.8 Å². The fraction of sp³-hybridized carbons (Fsp3) is 0.265. The maximum absolute atomic E-state index is 15.3. The summed E-state index contributed by atoms with van der Waals surface area (Å²) in [7, 11) is 1.05. The van der Waals surface area contributed by atoms with Crippen LogP contribution in [0.3, 0.4) is 0 Å². The molecule has 5 atom stereocenters. The van der Waals surface area contributed by atoms with E-state index in [-0.39, 0.29) is 16.2 Å². The molecule has 6 aromatic rings. The molecular formula is C49H46N6O10S3. The lowest BCUT2D eigenvalue weighted by Gasteiger charge is -2.50. The number of carbonyl (C=O) groups excluding carboxylic acids is 4. The number of nitrogens with zero attached hydrogens (tertiary/aromatic N) is 5. The number of fused-ring (bicyclic) bond motifs is 1. The van der Waals surface area contributed by atoms with Crippen LogP contribution >= 0.6 is 34.2 Å². The first-order valence-corrected chi connectivity index (χ1v) is 24.8. The molecule has 4 heterocycles. The van der Waals surface area contributed by atoms with E-state index in [9.17, 15) is 9.59 Å². The Labute approximate surface area is 403 Å². The number of methoxy groups -OCH3 is 1. The Morgan fingerprint density at radius 3 is 1.88 bits per heavy atom. The lowest BCUT2D eigenvalue weighted by molar-refractivity contribution is -0.215. The number of ether oxygens (including phenoxy) is 6. The molecule has 3 aliphatic rings. The van der Waals surface area contributed by atoms with Crippen molar-refractivity contribution >= 4 is 61.5 Å². The predicted octanol–water partition coefficient (Wildman–Crippen LogP) is 8.51. The van der Waals surface area contributed by atoms with Gasteiger partial charge in [0.05, 0.1) is 11.5 Å². The van der Waals surface area contributed by atoms with E-state index in [1.165, 1.54) is 16.1 Å². The third-order valence-corrected chi connectivity index (χ3v) is 15.7. The van der Waals surface area contributed by atoms with Crippen LogP contribution in [0, 0.1) is 0 Å². The average Bonchev–Trinajstić information content (AvgIpc) is 3.79. The Balaban J connectivity index is 1.12. The van der Waals surface area contributed by atoms with Crippen molar-refractivity contribution in [3.63, 3.8) is 0 Å². The number of amides is 2. The molecule has 0 radical (unpaired) electrons. The summed E-state index contributed by atoms with van der Waals surface area (Å²) in [5.41, 5.74) is 1.87. The molecule has 0 bridgehead atoms. The van der Waals surface area contributed by atoms with Crippen molar-refractivity contribution in [2.45, 2.75) is 60.3 Å². The van der Waals surface area contributed by atoms with Crippen LogP contribution in [0.1, 0.15) is 65.2 Å². The molecule has 2 fully saturated rings. The molecule has 0 saturated carbocycles. The zero-order chi connectivity index (χ0) is 47.0. The van der Waals surface area contributed by atoms with E-state index < -0.39 is 69.0 Å². The fourth-order valence-corrected chi connectivity index (χ4v) is 12.2. The number of rotatable bonds is 16. The number of aryl methyl sites for hydroxylation is 1. The first-order valence-electron chi connectivity index (χ1n) is 21.7. The van der Waals surface area contributed by atoms with Gasteiger partial charge >= 0.3 is 11.3 Å². The number of thioether (sulfide) groups is 2. The predicted molar refractivity (Wildman–Crippen MR) is 255 cm³/mol. The van der Waals surface area contributed by atoms with Crippen LogP contribution in [0.2, 0.25) is 0 Å². The smallest absolute Gasteiger partial charge is 0.382 e. The van der Waals surface area contributed by atoms with Crippen molar-refractivity contribution in [2.75, 3.05) is 19.5 Å². The maximum Gasteiger partial charge on any atom is 0.382 e. The molecule has 19 heteroatoms. The van der Waals surface area contributed by atoms with E-state index in [0.717, 1.165) is 42.8 Å². The highest BCUT2D eigenvalue weighted by atomic mass is 32.2. The summed E-state index contributed by atoms with van der Waals surface area (Å²) in [6, 6.07) is 43.4. The summed E-state index contributed by atoms with van der Waals surface area (Å²) in [5.74, 6) is -5.31. The molecule has 0 spiro atoms. The van der Waals surface area contributed by atoms with Crippen molar-refractivity contribution in [3.8, 4) is 5.75 Å². The van der Waals surface area contributed by atoms with Crippen molar-refractivity contribution in [3.05, 3.63) is 173 Å². The summed E-state index contributed by atoms with van der Waals surface area (Å²) < 4.78 is 40.1. The van der Waals surface area contributed by atoms with Gasteiger partial charge in [0.15, 0.2) is 24.4 Å². The zero-order valence-corrected chi connectivity index (χ0v) is 39.3. The standard InChI is InChI=1S/C49H46N6O10S3/c1-54-45(51-52-53-54)66-31-38-49(60-2,65-47-55(46(58)67-47)68(38)48(59)64-42(35-21-11-5-12-22-35)36-23-13-6-14-24-36)50-43(56)40(32-26-28-37(29-27-32)62-39-25-15-16-30-61-39)44(57)63-41(33-17-7-3-8-18-33)34-19-9-4-10-20-34/h3-14,17-24,26-29,39-42,47H,15-16,25,30-31H2,1-2H3,(H,50,56)/t39?,40?,47-,49?,68?/m0/s1. The van der Waals surface area contributed by atoms with Crippen LogP contribution in [0.25, 0.3) is 0 Å². The van der Waals surface area contributed by atoms with Crippen LogP contribution in [0.5, 0.6) is 5.75 Å². The molecule has 2 amide bonds. The molecule has 3 aliphatic heterocycles. The average molecular weight is 975 g/mol. The Hall–Kier alpha value is -6.35. The van der Waals surface area contributed by atoms with Gasteiger partial charge in [0, 0.05) is 37.0 Å².